The molecule has 5 nitrogen and oxygen atoms in total. The zero-order chi connectivity index (χ0) is 14.7. The van der Waals surface area contributed by atoms with Gasteiger partial charge in [0.2, 0.25) is 0 Å². The fourth-order valence-corrected chi connectivity index (χ4v) is 2.38. The largest absolute Gasteiger partial charge is 0.312 e. The maximum Gasteiger partial charge on any atom is 0.0844 e. The number of aryl methyl sites for hydroxylation is 2. The van der Waals surface area contributed by atoms with Gasteiger partial charge >= 0.3 is 0 Å². The third-order valence-corrected chi connectivity index (χ3v) is 3.95. The molecule has 0 fully saturated rings. The van der Waals surface area contributed by atoms with Gasteiger partial charge in [0.25, 0.3) is 0 Å². The van der Waals surface area contributed by atoms with Crippen molar-refractivity contribution in [3.05, 3.63) is 34.4 Å². The van der Waals surface area contributed by atoms with Gasteiger partial charge in [0.05, 0.1) is 29.2 Å². The average molecular weight is 296 g/mol. The van der Waals surface area contributed by atoms with Crippen molar-refractivity contribution in [3.8, 4) is 0 Å². The highest BCUT2D eigenvalue weighted by Gasteiger charge is 2.11. The summed E-state index contributed by atoms with van der Waals surface area (Å²) in [5, 5.41) is 12.9. The summed E-state index contributed by atoms with van der Waals surface area (Å²) in [5.41, 5.74) is 3.18. The first-order valence-corrected chi connectivity index (χ1v) is 7.25. The fraction of sp³-hybridized carbons (Fsp3) is 0.571. The lowest BCUT2D eigenvalue weighted by molar-refractivity contribution is 0.447. The second kappa shape index (κ2) is 6.41. The third-order valence-electron chi connectivity index (χ3n) is 3.40. The zero-order valence-corrected chi connectivity index (χ0v) is 13.3. The summed E-state index contributed by atoms with van der Waals surface area (Å²) in [5.74, 6) is 0. The zero-order valence-electron chi connectivity index (χ0n) is 12.5. The van der Waals surface area contributed by atoms with Gasteiger partial charge in [-0.2, -0.15) is 10.2 Å². The standard InChI is InChI=1S/C14H22ClN5/c1-10(8-20-12(3)14(15)11(2)18-20)16-6-5-13-7-17-19(4)9-13/h7,9-10,16H,5-6,8H2,1-4H3/t10-/m1/s1. The first-order valence-electron chi connectivity index (χ1n) is 6.87. The SMILES string of the molecule is Cc1nn(C[C@@H](C)NCCc2cnn(C)c2)c(C)c1Cl. The highest BCUT2D eigenvalue weighted by molar-refractivity contribution is 6.31. The lowest BCUT2D eigenvalue weighted by Gasteiger charge is -2.14. The molecule has 0 radical (unpaired) electrons. The van der Waals surface area contributed by atoms with Crippen molar-refractivity contribution in [1.29, 1.82) is 0 Å². The van der Waals surface area contributed by atoms with Gasteiger partial charge in [0.1, 0.15) is 0 Å². The topological polar surface area (TPSA) is 47.7 Å². The Morgan fingerprint density at radius 1 is 1.40 bits per heavy atom. The van der Waals surface area contributed by atoms with E-state index in [2.05, 4.69) is 22.4 Å². The summed E-state index contributed by atoms with van der Waals surface area (Å²) in [7, 11) is 1.94. The minimum Gasteiger partial charge on any atom is -0.312 e. The molecule has 2 heterocycles. The smallest absolute Gasteiger partial charge is 0.0844 e. The number of halogens is 1. The summed E-state index contributed by atoms with van der Waals surface area (Å²) >= 11 is 6.16. The van der Waals surface area contributed by atoms with E-state index in [1.807, 2.05) is 42.7 Å². The Morgan fingerprint density at radius 3 is 2.70 bits per heavy atom. The third kappa shape index (κ3) is 3.61. The van der Waals surface area contributed by atoms with Crippen LogP contribution in [0.5, 0.6) is 0 Å². The van der Waals surface area contributed by atoms with E-state index in [4.69, 9.17) is 11.6 Å². The molecular formula is C14H22ClN5. The van der Waals surface area contributed by atoms with E-state index in [1.54, 1.807) is 0 Å². The number of hydrogen-bond donors (Lipinski definition) is 1. The van der Waals surface area contributed by atoms with Gasteiger partial charge in [-0.15, -0.1) is 0 Å². The fourth-order valence-electron chi connectivity index (χ4n) is 2.24. The lowest BCUT2D eigenvalue weighted by atomic mass is 10.2. The van der Waals surface area contributed by atoms with Gasteiger partial charge in [0, 0.05) is 19.3 Å². The van der Waals surface area contributed by atoms with Crippen LogP contribution >= 0.6 is 11.6 Å². The normalized spacial score (nSPS) is 12.8. The monoisotopic (exact) mass is 295 g/mol. The van der Waals surface area contributed by atoms with Gasteiger partial charge in [-0.05, 0) is 39.3 Å². The Balaban J connectivity index is 1.80. The van der Waals surface area contributed by atoms with E-state index in [9.17, 15) is 0 Å². The molecular weight excluding hydrogens is 274 g/mol. The summed E-state index contributed by atoms with van der Waals surface area (Å²) in [6.07, 6.45) is 4.94. The van der Waals surface area contributed by atoms with Crippen LogP contribution in [0.25, 0.3) is 0 Å². The van der Waals surface area contributed by atoms with Gasteiger partial charge in [-0.1, -0.05) is 11.6 Å². The van der Waals surface area contributed by atoms with Crippen molar-refractivity contribution in [2.75, 3.05) is 6.54 Å². The summed E-state index contributed by atoms with van der Waals surface area (Å²) in [6.45, 7) is 7.86. The molecule has 0 aliphatic heterocycles. The Labute approximate surface area is 124 Å². The molecule has 0 bridgehead atoms. The molecule has 1 atom stereocenters. The van der Waals surface area contributed by atoms with Crippen LogP contribution in [-0.4, -0.2) is 32.1 Å². The minimum absolute atomic E-state index is 0.348. The summed E-state index contributed by atoms with van der Waals surface area (Å²) in [6, 6.07) is 0.348. The van der Waals surface area contributed by atoms with E-state index in [1.165, 1.54) is 5.56 Å². The molecule has 2 aromatic heterocycles. The van der Waals surface area contributed by atoms with Crippen molar-refractivity contribution in [2.24, 2.45) is 7.05 Å². The molecule has 2 aromatic rings. The Bertz CT molecular complexity index is 572. The van der Waals surface area contributed by atoms with Crippen molar-refractivity contribution < 1.29 is 0 Å². The molecule has 6 heteroatoms. The summed E-state index contributed by atoms with van der Waals surface area (Å²) in [4.78, 5) is 0. The molecule has 0 amide bonds. The van der Waals surface area contributed by atoms with Gasteiger partial charge in [-0.3, -0.25) is 9.36 Å². The highest BCUT2D eigenvalue weighted by Crippen LogP contribution is 2.18. The van der Waals surface area contributed by atoms with Crippen LogP contribution in [0, 0.1) is 13.8 Å². The molecule has 20 heavy (non-hydrogen) atoms. The van der Waals surface area contributed by atoms with Crippen LogP contribution in [0.1, 0.15) is 23.9 Å². The van der Waals surface area contributed by atoms with E-state index in [-0.39, 0.29) is 0 Å². The van der Waals surface area contributed by atoms with Gasteiger partial charge in [0.15, 0.2) is 0 Å². The average Bonchev–Trinajstić information content (AvgIpc) is 2.90. The Kier molecular flexibility index (Phi) is 4.83. The molecule has 1 N–H and O–H groups in total. The van der Waals surface area contributed by atoms with E-state index in [0.717, 1.165) is 35.9 Å². The van der Waals surface area contributed by atoms with Crippen molar-refractivity contribution in [3.63, 3.8) is 0 Å². The molecule has 110 valence electrons. The van der Waals surface area contributed by atoms with Crippen molar-refractivity contribution in [2.45, 2.75) is 39.8 Å². The van der Waals surface area contributed by atoms with Crippen LogP contribution in [0.3, 0.4) is 0 Å². The van der Waals surface area contributed by atoms with E-state index < -0.39 is 0 Å². The lowest BCUT2D eigenvalue weighted by Crippen LogP contribution is -2.32. The Hall–Kier alpha value is -1.33. The van der Waals surface area contributed by atoms with Crippen LogP contribution in [0.15, 0.2) is 12.4 Å². The number of nitrogens with zero attached hydrogens (tertiary/aromatic N) is 4. The van der Waals surface area contributed by atoms with Crippen molar-refractivity contribution in [1.82, 2.24) is 24.9 Å². The molecule has 0 aliphatic carbocycles. The second-order valence-corrected chi connectivity index (χ2v) is 5.67. The number of rotatable bonds is 6. The van der Waals surface area contributed by atoms with Crippen LogP contribution in [0.4, 0.5) is 0 Å². The van der Waals surface area contributed by atoms with Gasteiger partial charge < -0.3 is 5.32 Å². The van der Waals surface area contributed by atoms with Crippen LogP contribution in [-0.2, 0) is 20.0 Å². The first kappa shape index (κ1) is 15.1. The van der Waals surface area contributed by atoms with Crippen molar-refractivity contribution >= 4 is 11.6 Å². The first-order chi connectivity index (χ1) is 9.47. The van der Waals surface area contributed by atoms with Gasteiger partial charge in [-0.25, -0.2) is 0 Å². The number of nitrogens with one attached hydrogen (secondary N) is 1. The second-order valence-electron chi connectivity index (χ2n) is 5.29. The molecule has 0 spiro atoms. The molecule has 2 rings (SSSR count). The highest BCUT2D eigenvalue weighted by atomic mass is 35.5. The predicted molar refractivity (Wildman–Crippen MR) is 81.1 cm³/mol. The van der Waals surface area contributed by atoms with E-state index in [0.29, 0.717) is 6.04 Å². The minimum atomic E-state index is 0.348. The summed E-state index contributed by atoms with van der Waals surface area (Å²) < 4.78 is 3.80. The predicted octanol–water partition coefficient (Wildman–Crippen LogP) is 2.11. The molecule has 0 saturated carbocycles. The number of aromatic nitrogens is 4. The molecule has 0 aliphatic rings. The number of hydrogen-bond acceptors (Lipinski definition) is 3. The Morgan fingerprint density at radius 2 is 2.15 bits per heavy atom. The maximum absolute atomic E-state index is 6.16. The van der Waals surface area contributed by atoms with Crippen LogP contribution in [0.2, 0.25) is 5.02 Å². The molecule has 0 saturated heterocycles. The maximum atomic E-state index is 6.16. The quantitative estimate of drug-likeness (QED) is 0.888. The van der Waals surface area contributed by atoms with E-state index >= 15 is 0 Å². The molecule has 0 aromatic carbocycles. The molecule has 0 unspecified atom stereocenters. The van der Waals surface area contributed by atoms with Crippen LogP contribution < -0.4 is 5.32 Å².